The minimum Gasteiger partial charge on any atom is -0.0619 e. The van der Waals surface area contributed by atoms with E-state index in [2.05, 4.69) is 140 Å². The van der Waals surface area contributed by atoms with E-state index >= 15 is 0 Å². The number of rotatable bonds is 2. The third kappa shape index (κ3) is 3.03. The van der Waals surface area contributed by atoms with Crippen LogP contribution < -0.4 is 0 Å². The average Bonchev–Trinajstić information content (AvgIpc) is 3.29. The van der Waals surface area contributed by atoms with Crippen LogP contribution in [0, 0.1) is 0 Å². The third-order valence-corrected chi connectivity index (χ3v) is 8.13. The number of hydrogen-bond donors (Lipinski definition) is 0. The lowest BCUT2D eigenvalue weighted by Gasteiger charge is -2.21. The fourth-order valence-corrected chi connectivity index (χ4v) is 6.52. The summed E-state index contributed by atoms with van der Waals surface area (Å²) in [5.74, 6) is 0.178. The van der Waals surface area contributed by atoms with Crippen molar-refractivity contribution in [1.82, 2.24) is 0 Å². The Balaban J connectivity index is 1.46. The minimum absolute atomic E-state index is 0.178. The van der Waals surface area contributed by atoms with Crippen molar-refractivity contribution >= 4 is 32.3 Å². The lowest BCUT2D eigenvalue weighted by Crippen LogP contribution is -2.02. The second-order valence-electron chi connectivity index (χ2n) is 10.1. The van der Waals surface area contributed by atoms with Crippen LogP contribution in [-0.4, -0.2) is 0 Å². The molecule has 0 spiro atoms. The summed E-state index contributed by atoms with van der Waals surface area (Å²) in [4.78, 5) is 0. The van der Waals surface area contributed by atoms with E-state index < -0.39 is 0 Å². The van der Waals surface area contributed by atoms with Crippen molar-refractivity contribution in [3.63, 3.8) is 0 Å². The Morgan fingerprint density at radius 3 is 1.70 bits per heavy atom. The van der Waals surface area contributed by atoms with Gasteiger partial charge in [-0.25, -0.2) is 0 Å². The molecule has 0 amide bonds. The van der Waals surface area contributed by atoms with Gasteiger partial charge in [0.05, 0.1) is 0 Å². The fourth-order valence-electron chi connectivity index (χ4n) is 6.52. The Morgan fingerprint density at radius 1 is 0.351 bits per heavy atom. The van der Waals surface area contributed by atoms with Gasteiger partial charge in [-0.1, -0.05) is 127 Å². The SMILES string of the molecule is c1ccc2c(c1)-c1ccc(-c3cccc4ccccc34)cc1C2c1c2ccccc2cc2ccccc12. The van der Waals surface area contributed by atoms with Crippen LogP contribution in [0.4, 0.5) is 0 Å². The topological polar surface area (TPSA) is 0 Å². The van der Waals surface area contributed by atoms with Crippen molar-refractivity contribution in [2.45, 2.75) is 5.92 Å². The van der Waals surface area contributed by atoms with Gasteiger partial charge in [0, 0.05) is 5.92 Å². The molecule has 0 heteroatoms. The van der Waals surface area contributed by atoms with Crippen LogP contribution >= 0.6 is 0 Å². The number of benzene rings is 7. The summed E-state index contributed by atoms with van der Waals surface area (Å²) < 4.78 is 0. The number of fused-ring (bicyclic) bond motifs is 6. The largest absolute Gasteiger partial charge is 0.0619 e. The molecule has 1 aliphatic rings. The minimum atomic E-state index is 0.178. The predicted molar refractivity (Wildman–Crippen MR) is 157 cm³/mol. The molecule has 0 bridgehead atoms. The zero-order valence-corrected chi connectivity index (χ0v) is 20.4. The number of hydrogen-bond acceptors (Lipinski definition) is 0. The standard InChI is InChI=1S/C37H24/c1-4-14-28-24(10-1)13-9-19-29(28)27-20-21-33-32-17-7-8-18-34(32)37(35(33)23-27)36-30-15-5-2-11-25(30)22-26-12-3-6-16-31(26)36/h1-23,37H. The van der Waals surface area contributed by atoms with Crippen LogP contribution in [-0.2, 0) is 0 Å². The van der Waals surface area contributed by atoms with Gasteiger partial charge in [-0.2, -0.15) is 0 Å². The molecule has 0 heterocycles. The zero-order chi connectivity index (χ0) is 24.3. The molecule has 0 saturated carbocycles. The molecular weight excluding hydrogens is 444 g/mol. The molecule has 0 radical (unpaired) electrons. The van der Waals surface area contributed by atoms with Crippen molar-refractivity contribution < 1.29 is 0 Å². The van der Waals surface area contributed by atoms with E-state index in [-0.39, 0.29) is 5.92 Å². The molecule has 7 aromatic carbocycles. The fraction of sp³-hybridized carbons (Fsp3) is 0.0270. The maximum Gasteiger partial charge on any atom is 0.0364 e. The molecule has 7 aromatic rings. The quantitative estimate of drug-likeness (QED) is 0.221. The van der Waals surface area contributed by atoms with E-state index in [1.165, 1.54) is 71.3 Å². The Labute approximate surface area is 216 Å². The van der Waals surface area contributed by atoms with Gasteiger partial charge in [-0.3, -0.25) is 0 Å². The molecule has 172 valence electrons. The Bertz CT molecular complexity index is 1930. The molecule has 0 saturated heterocycles. The van der Waals surface area contributed by atoms with Crippen molar-refractivity contribution in [1.29, 1.82) is 0 Å². The van der Waals surface area contributed by atoms with Crippen LogP contribution in [0.1, 0.15) is 22.6 Å². The van der Waals surface area contributed by atoms with Crippen LogP contribution in [0.3, 0.4) is 0 Å². The smallest absolute Gasteiger partial charge is 0.0364 e. The molecule has 0 fully saturated rings. The molecular formula is C37H24. The Kier molecular flexibility index (Phi) is 4.39. The van der Waals surface area contributed by atoms with Gasteiger partial charge in [-0.05, 0) is 83.4 Å². The van der Waals surface area contributed by atoms with Gasteiger partial charge in [0.2, 0.25) is 0 Å². The average molecular weight is 469 g/mol. The summed E-state index contributed by atoms with van der Waals surface area (Å²) in [7, 11) is 0. The van der Waals surface area contributed by atoms with Gasteiger partial charge >= 0.3 is 0 Å². The van der Waals surface area contributed by atoms with Crippen molar-refractivity contribution in [2.75, 3.05) is 0 Å². The normalized spacial score (nSPS) is 14.2. The highest BCUT2D eigenvalue weighted by Crippen LogP contribution is 2.52. The van der Waals surface area contributed by atoms with Gasteiger partial charge in [0.1, 0.15) is 0 Å². The van der Waals surface area contributed by atoms with Crippen LogP contribution in [0.15, 0.2) is 140 Å². The van der Waals surface area contributed by atoms with Gasteiger partial charge in [0.15, 0.2) is 0 Å². The molecule has 1 atom stereocenters. The van der Waals surface area contributed by atoms with Gasteiger partial charge in [0.25, 0.3) is 0 Å². The first-order valence-corrected chi connectivity index (χ1v) is 13.0. The lowest BCUT2D eigenvalue weighted by atomic mass is 9.82. The van der Waals surface area contributed by atoms with Gasteiger partial charge in [-0.15, -0.1) is 0 Å². The van der Waals surface area contributed by atoms with E-state index in [1.807, 2.05) is 0 Å². The van der Waals surface area contributed by atoms with Crippen LogP contribution in [0.25, 0.3) is 54.6 Å². The summed E-state index contributed by atoms with van der Waals surface area (Å²) >= 11 is 0. The first-order valence-electron chi connectivity index (χ1n) is 13.0. The summed E-state index contributed by atoms with van der Waals surface area (Å²) in [5.41, 5.74) is 9.47. The first kappa shape index (κ1) is 20.5. The summed E-state index contributed by atoms with van der Waals surface area (Å²) in [6, 6.07) is 51.5. The highest BCUT2D eigenvalue weighted by Gasteiger charge is 2.32. The Hall–Kier alpha value is -4.68. The van der Waals surface area contributed by atoms with Crippen molar-refractivity contribution in [3.05, 3.63) is 156 Å². The molecule has 8 rings (SSSR count). The molecule has 0 nitrogen and oxygen atoms in total. The molecule has 0 N–H and O–H groups in total. The highest BCUT2D eigenvalue weighted by molar-refractivity contribution is 6.05. The van der Waals surface area contributed by atoms with Gasteiger partial charge < -0.3 is 0 Å². The third-order valence-electron chi connectivity index (χ3n) is 8.13. The van der Waals surface area contributed by atoms with Crippen LogP contribution in [0.2, 0.25) is 0 Å². The zero-order valence-electron chi connectivity index (χ0n) is 20.4. The lowest BCUT2D eigenvalue weighted by molar-refractivity contribution is 1.04. The maximum absolute atomic E-state index is 2.46. The monoisotopic (exact) mass is 468 g/mol. The summed E-state index contributed by atoms with van der Waals surface area (Å²) in [6.07, 6.45) is 0. The molecule has 37 heavy (non-hydrogen) atoms. The summed E-state index contributed by atoms with van der Waals surface area (Å²) in [5, 5.41) is 7.85. The predicted octanol–water partition coefficient (Wildman–Crippen LogP) is 9.97. The van der Waals surface area contributed by atoms with Crippen molar-refractivity contribution in [2.24, 2.45) is 0 Å². The van der Waals surface area contributed by atoms with E-state index in [0.29, 0.717) is 0 Å². The van der Waals surface area contributed by atoms with Crippen molar-refractivity contribution in [3.8, 4) is 22.3 Å². The molecule has 1 unspecified atom stereocenters. The second-order valence-corrected chi connectivity index (χ2v) is 10.1. The van der Waals surface area contributed by atoms with Crippen LogP contribution in [0.5, 0.6) is 0 Å². The molecule has 0 aliphatic heterocycles. The highest BCUT2D eigenvalue weighted by atomic mass is 14.3. The molecule has 1 aliphatic carbocycles. The second kappa shape index (κ2) is 7.91. The maximum atomic E-state index is 2.46. The Morgan fingerprint density at radius 2 is 0.919 bits per heavy atom. The van der Waals surface area contributed by atoms with E-state index in [1.54, 1.807) is 0 Å². The van der Waals surface area contributed by atoms with E-state index in [4.69, 9.17) is 0 Å². The van der Waals surface area contributed by atoms with E-state index in [9.17, 15) is 0 Å². The first-order chi connectivity index (χ1) is 18.4. The van der Waals surface area contributed by atoms with E-state index in [0.717, 1.165) is 0 Å². The molecule has 0 aromatic heterocycles. The summed E-state index contributed by atoms with van der Waals surface area (Å²) in [6.45, 7) is 0.